The van der Waals surface area contributed by atoms with Gasteiger partial charge in [-0.15, -0.1) is 0 Å². The fourth-order valence-electron chi connectivity index (χ4n) is 3.05. The van der Waals surface area contributed by atoms with E-state index in [0.717, 1.165) is 5.56 Å². The van der Waals surface area contributed by atoms with E-state index in [4.69, 9.17) is 31.2 Å². The van der Waals surface area contributed by atoms with Gasteiger partial charge in [0.25, 0.3) is 0 Å². The summed E-state index contributed by atoms with van der Waals surface area (Å²) in [7, 11) is 0. The number of nitrogens with two attached hydrogens (primary N) is 2. The van der Waals surface area contributed by atoms with Crippen molar-refractivity contribution in [2.24, 2.45) is 11.5 Å². The summed E-state index contributed by atoms with van der Waals surface area (Å²) in [5, 5.41) is 22.4. The summed E-state index contributed by atoms with van der Waals surface area (Å²) in [6.45, 7) is 2.83. The van der Waals surface area contributed by atoms with Crippen molar-refractivity contribution in [3.05, 3.63) is 59.2 Å². The molecular formula is C25H30N4O8. The van der Waals surface area contributed by atoms with Crippen LogP contribution in [0.3, 0.4) is 0 Å². The summed E-state index contributed by atoms with van der Waals surface area (Å²) < 4.78 is 10.9. The zero-order valence-corrected chi connectivity index (χ0v) is 20.3. The Morgan fingerprint density at radius 1 is 0.811 bits per heavy atom. The maximum atomic E-state index is 12.4. The maximum absolute atomic E-state index is 12.4. The Morgan fingerprint density at radius 2 is 1.24 bits per heavy atom. The average molecular weight is 515 g/mol. The summed E-state index contributed by atoms with van der Waals surface area (Å²) in [5.74, 6) is -2.74. The standard InChI is InChI=1S/C25H30N4O8/c1-14(2)21-19(36-24(34)28-12-17(26)22(30)31)10-16(9-8-15-6-4-3-5-7-15)11-20(21)37-25(35)29-13-18(27)23(32)33/h3-11,14,17-18H,12-13,26-27H2,1-2H3,(H,28,34)(H,29,35)(H,30,31)(H,32,33)/b9-8+. The Bertz CT molecular complexity index is 1090. The van der Waals surface area contributed by atoms with Gasteiger partial charge >= 0.3 is 24.1 Å². The number of carboxylic acids is 2. The van der Waals surface area contributed by atoms with Crippen LogP contribution in [0.15, 0.2) is 42.5 Å². The van der Waals surface area contributed by atoms with Crippen LogP contribution >= 0.6 is 0 Å². The summed E-state index contributed by atoms with van der Waals surface area (Å²) in [5.41, 5.74) is 12.6. The maximum Gasteiger partial charge on any atom is 0.412 e. The van der Waals surface area contributed by atoms with E-state index in [2.05, 4.69) is 10.6 Å². The molecule has 2 aromatic carbocycles. The fourth-order valence-corrected chi connectivity index (χ4v) is 3.05. The third kappa shape index (κ3) is 9.28. The molecule has 0 radical (unpaired) electrons. The molecule has 12 nitrogen and oxygen atoms in total. The normalized spacial score (nSPS) is 12.6. The van der Waals surface area contributed by atoms with Gasteiger partial charge < -0.3 is 41.8 Å². The molecule has 2 aromatic rings. The topological polar surface area (TPSA) is 203 Å². The minimum Gasteiger partial charge on any atom is -0.480 e. The number of carboxylic acid groups (broad SMARTS) is 2. The molecule has 0 heterocycles. The zero-order valence-electron chi connectivity index (χ0n) is 20.3. The van der Waals surface area contributed by atoms with Gasteiger partial charge in [-0.3, -0.25) is 9.59 Å². The van der Waals surface area contributed by atoms with Gasteiger partial charge in [-0.05, 0) is 29.2 Å². The van der Waals surface area contributed by atoms with Crippen LogP contribution in [0.2, 0.25) is 0 Å². The van der Waals surface area contributed by atoms with Crippen LogP contribution in [-0.2, 0) is 9.59 Å². The molecule has 12 heteroatoms. The molecule has 0 aliphatic heterocycles. The summed E-state index contributed by atoms with van der Waals surface area (Å²) in [6, 6.07) is 9.85. The lowest BCUT2D eigenvalue weighted by Gasteiger charge is -2.19. The second kappa shape index (κ2) is 13.6. The van der Waals surface area contributed by atoms with Crippen LogP contribution in [0.1, 0.15) is 36.5 Å². The molecule has 2 rings (SSSR count). The minimum atomic E-state index is -1.32. The van der Waals surface area contributed by atoms with E-state index in [9.17, 15) is 19.2 Å². The second-order valence-corrected chi connectivity index (χ2v) is 8.26. The largest absolute Gasteiger partial charge is 0.480 e. The molecule has 0 spiro atoms. The van der Waals surface area contributed by atoms with Crippen molar-refractivity contribution in [2.75, 3.05) is 13.1 Å². The van der Waals surface area contributed by atoms with E-state index in [1.807, 2.05) is 30.3 Å². The Balaban J connectivity index is 2.38. The van der Waals surface area contributed by atoms with Gasteiger partial charge in [0.05, 0.1) is 0 Å². The van der Waals surface area contributed by atoms with E-state index >= 15 is 0 Å². The number of carbonyl (C=O) groups excluding carboxylic acids is 2. The van der Waals surface area contributed by atoms with Crippen molar-refractivity contribution < 1.29 is 38.9 Å². The molecular weight excluding hydrogens is 484 g/mol. The third-order valence-corrected chi connectivity index (χ3v) is 4.94. The molecule has 0 aliphatic rings. The van der Waals surface area contributed by atoms with Crippen LogP contribution in [0.4, 0.5) is 9.59 Å². The summed E-state index contributed by atoms with van der Waals surface area (Å²) in [4.78, 5) is 46.6. The lowest BCUT2D eigenvalue weighted by molar-refractivity contribution is -0.139. The number of benzene rings is 2. The second-order valence-electron chi connectivity index (χ2n) is 8.26. The molecule has 0 fully saturated rings. The molecule has 198 valence electrons. The van der Waals surface area contributed by atoms with E-state index in [-0.39, 0.29) is 30.5 Å². The van der Waals surface area contributed by atoms with Crippen LogP contribution in [0.5, 0.6) is 11.5 Å². The average Bonchev–Trinajstić information content (AvgIpc) is 2.84. The van der Waals surface area contributed by atoms with Crippen molar-refractivity contribution in [3.8, 4) is 11.5 Å². The van der Waals surface area contributed by atoms with Crippen molar-refractivity contribution in [2.45, 2.75) is 31.8 Å². The molecule has 8 N–H and O–H groups in total. The number of nitrogens with one attached hydrogen (secondary N) is 2. The van der Waals surface area contributed by atoms with Crippen LogP contribution in [0, 0.1) is 0 Å². The van der Waals surface area contributed by atoms with Gasteiger partial charge in [0.1, 0.15) is 23.6 Å². The number of hydrogen-bond donors (Lipinski definition) is 6. The summed E-state index contributed by atoms with van der Waals surface area (Å²) in [6.07, 6.45) is 1.61. The molecule has 2 amide bonds. The monoisotopic (exact) mass is 514 g/mol. The van der Waals surface area contributed by atoms with Gasteiger partial charge in [-0.2, -0.15) is 0 Å². The molecule has 0 saturated heterocycles. The highest BCUT2D eigenvalue weighted by atomic mass is 16.6. The number of hydrogen-bond acceptors (Lipinski definition) is 8. The number of carbonyl (C=O) groups is 4. The first-order chi connectivity index (χ1) is 17.5. The molecule has 2 unspecified atom stereocenters. The quantitative estimate of drug-likeness (QED) is 0.241. The smallest absolute Gasteiger partial charge is 0.412 e. The first-order valence-corrected chi connectivity index (χ1v) is 11.3. The lowest BCUT2D eigenvalue weighted by Crippen LogP contribution is -2.43. The minimum absolute atomic E-state index is 0.0663. The molecule has 2 atom stereocenters. The Hall–Kier alpha value is -4.42. The van der Waals surface area contributed by atoms with Gasteiger partial charge in [0, 0.05) is 18.7 Å². The highest BCUT2D eigenvalue weighted by molar-refractivity contribution is 5.79. The van der Waals surface area contributed by atoms with Crippen molar-refractivity contribution in [1.29, 1.82) is 0 Å². The number of ether oxygens (including phenoxy) is 2. The number of aliphatic carboxylic acids is 2. The highest BCUT2D eigenvalue weighted by Crippen LogP contribution is 2.37. The van der Waals surface area contributed by atoms with Crippen LogP contribution in [-0.4, -0.2) is 59.5 Å². The third-order valence-electron chi connectivity index (χ3n) is 4.94. The van der Waals surface area contributed by atoms with Crippen LogP contribution < -0.4 is 31.6 Å². The van der Waals surface area contributed by atoms with Crippen molar-refractivity contribution in [1.82, 2.24) is 10.6 Å². The van der Waals surface area contributed by atoms with Crippen molar-refractivity contribution >= 4 is 36.3 Å². The molecule has 0 aliphatic carbocycles. The van der Waals surface area contributed by atoms with Gasteiger partial charge in [-0.1, -0.05) is 56.3 Å². The SMILES string of the molecule is CC(C)c1c(OC(=O)NCC(N)C(=O)O)cc(/C=C/c2ccccc2)cc1OC(=O)NCC(N)C(=O)O. The van der Waals surface area contributed by atoms with E-state index < -0.39 is 36.2 Å². The fraction of sp³-hybridized carbons (Fsp3) is 0.280. The lowest BCUT2D eigenvalue weighted by atomic mass is 9.98. The van der Waals surface area contributed by atoms with Gasteiger partial charge in [0.2, 0.25) is 0 Å². The van der Waals surface area contributed by atoms with Gasteiger partial charge in [0.15, 0.2) is 0 Å². The Kier molecular flexibility index (Phi) is 10.6. The van der Waals surface area contributed by atoms with Crippen LogP contribution in [0.25, 0.3) is 12.2 Å². The zero-order chi connectivity index (χ0) is 27.5. The predicted octanol–water partition coefficient (Wildman–Crippen LogP) is 1.98. The first kappa shape index (κ1) is 28.8. The van der Waals surface area contributed by atoms with Crippen molar-refractivity contribution in [3.63, 3.8) is 0 Å². The molecule has 0 bridgehead atoms. The Morgan fingerprint density at radius 3 is 1.65 bits per heavy atom. The highest BCUT2D eigenvalue weighted by Gasteiger charge is 2.22. The summed E-state index contributed by atoms with van der Waals surface area (Å²) >= 11 is 0. The molecule has 0 aromatic heterocycles. The van der Waals surface area contributed by atoms with E-state index in [1.165, 1.54) is 0 Å². The van der Waals surface area contributed by atoms with E-state index in [1.54, 1.807) is 38.1 Å². The van der Waals surface area contributed by atoms with Gasteiger partial charge in [-0.25, -0.2) is 9.59 Å². The number of amides is 2. The molecule has 37 heavy (non-hydrogen) atoms. The van der Waals surface area contributed by atoms with E-state index in [0.29, 0.717) is 11.1 Å². The molecule has 0 saturated carbocycles. The number of rotatable bonds is 11. The predicted molar refractivity (Wildman–Crippen MR) is 135 cm³/mol. The Labute approximate surface area is 213 Å². The first-order valence-electron chi connectivity index (χ1n) is 11.3.